The predicted molar refractivity (Wildman–Crippen MR) is 107 cm³/mol. The zero-order valence-electron chi connectivity index (χ0n) is 15.8. The van der Waals surface area contributed by atoms with Crippen molar-refractivity contribution < 1.29 is 4.79 Å². The molecule has 0 spiro atoms. The maximum absolute atomic E-state index is 12.7. The van der Waals surface area contributed by atoms with Crippen LogP contribution >= 0.6 is 0 Å². The summed E-state index contributed by atoms with van der Waals surface area (Å²) in [7, 11) is 0. The number of imidazole rings is 1. The third-order valence-corrected chi connectivity index (χ3v) is 5.36. The number of hydrogen-bond donors (Lipinski definition) is 0. The number of hydrogen-bond acceptors (Lipinski definition) is 3. The molecule has 1 aromatic carbocycles. The normalized spacial score (nSPS) is 16.9. The lowest BCUT2D eigenvalue weighted by Gasteiger charge is -2.17. The highest BCUT2D eigenvalue weighted by Gasteiger charge is 2.30. The number of pyridine rings is 1. The van der Waals surface area contributed by atoms with Crippen molar-refractivity contribution in [1.82, 2.24) is 19.4 Å². The quantitative estimate of drug-likeness (QED) is 0.670. The fraction of sp³-hybridized carbons (Fsp3) is 0.409. The monoisotopic (exact) mass is 362 g/mol. The molecule has 1 fully saturated rings. The molecule has 5 nitrogen and oxygen atoms in total. The lowest BCUT2D eigenvalue weighted by atomic mass is 10.1. The topological polar surface area (TPSA) is 51.0 Å². The number of nitrogens with zero attached hydrogens (tertiary/aromatic N) is 4. The summed E-state index contributed by atoms with van der Waals surface area (Å²) in [6.45, 7) is 4.68. The van der Waals surface area contributed by atoms with E-state index in [-0.39, 0.29) is 5.91 Å². The van der Waals surface area contributed by atoms with Crippen LogP contribution in [0.3, 0.4) is 0 Å². The first-order valence-corrected chi connectivity index (χ1v) is 9.89. The van der Waals surface area contributed by atoms with Crippen molar-refractivity contribution in [3.05, 3.63) is 60.0 Å². The fourth-order valence-corrected chi connectivity index (χ4v) is 3.98. The summed E-state index contributed by atoms with van der Waals surface area (Å²) in [5.74, 6) is 1.63. The van der Waals surface area contributed by atoms with Crippen LogP contribution in [0.15, 0.2) is 48.7 Å². The van der Waals surface area contributed by atoms with Gasteiger partial charge >= 0.3 is 0 Å². The molecule has 5 heteroatoms. The van der Waals surface area contributed by atoms with Crippen LogP contribution in [0.4, 0.5) is 0 Å². The summed E-state index contributed by atoms with van der Waals surface area (Å²) in [5, 5.41) is 0. The van der Waals surface area contributed by atoms with E-state index in [1.54, 1.807) is 0 Å². The van der Waals surface area contributed by atoms with Crippen molar-refractivity contribution in [3.63, 3.8) is 0 Å². The maximum Gasteiger partial charge on any atom is 0.222 e. The number of benzene rings is 1. The van der Waals surface area contributed by atoms with Gasteiger partial charge in [0, 0.05) is 38.2 Å². The van der Waals surface area contributed by atoms with Gasteiger partial charge in [-0.25, -0.2) is 9.97 Å². The van der Waals surface area contributed by atoms with E-state index in [2.05, 4.69) is 28.6 Å². The Morgan fingerprint density at radius 1 is 1.19 bits per heavy atom. The standard InChI is InChI=1S/C22H26N4O/c1-2-14-26-21(24-19-9-6-13-23-22(19)26)18-12-15-25(16-18)20(27)11-10-17-7-4-3-5-8-17/h3-9,13,18H,2,10-12,14-16H2,1H3/t18-/m0/s1. The van der Waals surface area contributed by atoms with E-state index in [9.17, 15) is 4.79 Å². The first-order valence-electron chi connectivity index (χ1n) is 9.89. The Morgan fingerprint density at radius 3 is 2.85 bits per heavy atom. The number of carbonyl (C=O) groups is 1. The predicted octanol–water partition coefficient (Wildman–Crippen LogP) is 3.79. The van der Waals surface area contributed by atoms with Gasteiger partial charge in [0.1, 0.15) is 11.3 Å². The summed E-state index contributed by atoms with van der Waals surface area (Å²) in [6, 6.07) is 14.2. The molecule has 2 aromatic heterocycles. The molecule has 3 heterocycles. The molecule has 1 aliphatic heterocycles. The van der Waals surface area contributed by atoms with Crippen LogP contribution in [0.5, 0.6) is 0 Å². The van der Waals surface area contributed by atoms with Crippen LogP contribution in [0, 0.1) is 0 Å². The van der Waals surface area contributed by atoms with Crippen LogP contribution in [-0.2, 0) is 17.8 Å². The zero-order chi connectivity index (χ0) is 18.6. The van der Waals surface area contributed by atoms with Crippen molar-refractivity contribution in [2.24, 2.45) is 0 Å². The molecule has 1 amide bonds. The third-order valence-electron chi connectivity index (χ3n) is 5.36. The van der Waals surface area contributed by atoms with Gasteiger partial charge in [-0.3, -0.25) is 4.79 Å². The molecule has 1 saturated heterocycles. The van der Waals surface area contributed by atoms with Crippen molar-refractivity contribution in [2.45, 2.75) is 45.1 Å². The second-order valence-corrected chi connectivity index (χ2v) is 7.28. The molecule has 0 unspecified atom stereocenters. The summed E-state index contributed by atoms with van der Waals surface area (Å²) in [4.78, 5) is 24.1. The van der Waals surface area contributed by atoms with Gasteiger partial charge in [-0.1, -0.05) is 37.3 Å². The highest BCUT2D eigenvalue weighted by atomic mass is 16.2. The lowest BCUT2D eigenvalue weighted by molar-refractivity contribution is -0.130. The number of aromatic nitrogens is 3. The van der Waals surface area contributed by atoms with Crippen molar-refractivity contribution in [3.8, 4) is 0 Å². The Bertz CT molecular complexity index is 918. The smallest absolute Gasteiger partial charge is 0.222 e. The van der Waals surface area contributed by atoms with Crippen LogP contribution < -0.4 is 0 Å². The van der Waals surface area contributed by atoms with Gasteiger partial charge in [-0.05, 0) is 37.0 Å². The molecule has 0 N–H and O–H groups in total. The highest BCUT2D eigenvalue weighted by Crippen LogP contribution is 2.29. The van der Waals surface area contributed by atoms with Crippen LogP contribution in [0.2, 0.25) is 0 Å². The lowest BCUT2D eigenvalue weighted by Crippen LogP contribution is -2.29. The van der Waals surface area contributed by atoms with E-state index < -0.39 is 0 Å². The SMILES string of the molecule is CCCn1c([C@H]2CCN(C(=O)CCc3ccccc3)C2)nc2cccnc21. The summed E-state index contributed by atoms with van der Waals surface area (Å²) >= 11 is 0. The first-order chi connectivity index (χ1) is 13.3. The van der Waals surface area contributed by atoms with E-state index >= 15 is 0 Å². The molecule has 4 rings (SSSR count). The Labute approximate surface area is 160 Å². The number of aryl methyl sites for hydroxylation is 2. The van der Waals surface area contributed by atoms with E-state index in [4.69, 9.17) is 4.98 Å². The maximum atomic E-state index is 12.7. The Hall–Kier alpha value is -2.69. The van der Waals surface area contributed by atoms with Gasteiger partial charge in [0.25, 0.3) is 0 Å². The van der Waals surface area contributed by atoms with Gasteiger partial charge in [0.05, 0.1) is 0 Å². The largest absolute Gasteiger partial charge is 0.342 e. The number of carbonyl (C=O) groups excluding carboxylic acids is 1. The zero-order valence-corrected chi connectivity index (χ0v) is 15.8. The number of fused-ring (bicyclic) bond motifs is 1. The molecule has 1 aliphatic rings. The minimum absolute atomic E-state index is 0.248. The van der Waals surface area contributed by atoms with Gasteiger partial charge in [0.15, 0.2) is 5.65 Å². The van der Waals surface area contributed by atoms with E-state index in [0.717, 1.165) is 55.9 Å². The first kappa shape index (κ1) is 17.7. The van der Waals surface area contributed by atoms with E-state index in [1.807, 2.05) is 41.4 Å². The molecule has 1 atom stereocenters. The van der Waals surface area contributed by atoms with Crippen LogP contribution in [-0.4, -0.2) is 38.4 Å². The average Bonchev–Trinajstić information content (AvgIpc) is 3.33. The molecule has 0 radical (unpaired) electrons. The Kier molecular flexibility index (Phi) is 5.19. The molecule has 3 aromatic rings. The van der Waals surface area contributed by atoms with Crippen molar-refractivity contribution in [1.29, 1.82) is 0 Å². The Balaban J connectivity index is 1.45. The van der Waals surface area contributed by atoms with Gasteiger partial charge in [-0.2, -0.15) is 0 Å². The molecule has 140 valence electrons. The second-order valence-electron chi connectivity index (χ2n) is 7.28. The molecule has 0 bridgehead atoms. The second kappa shape index (κ2) is 7.91. The molecule has 0 aliphatic carbocycles. The number of rotatable bonds is 6. The van der Waals surface area contributed by atoms with Crippen molar-refractivity contribution in [2.75, 3.05) is 13.1 Å². The minimum Gasteiger partial charge on any atom is -0.342 e. The summed E-state index contributed by atoms with van der Waals surface area (Å²) < 4.78 is 2.25. The minimum atomic E-state index is 0.248. The third kappa shape index (κ3) is 3.72. The molecular formula is C22H26N4O. The average molecular weight is 362 g/mol. The van der Waals surface area contributed by atoms with Gasteiger partial charge in [-0.15, -0.1) is 0 Å². The summed E-state index contributed by atoms with van der Waals surface area (Å²) in [5.41, 5.74) is 3.13. The molecular weight excluding hydrogens is 336 g/mol. The molecule has 0 saturated carbocycles. The van der Waals surface area contributed by atoms with Gasteiger partial charge < -0.3 is 9.47 Å². The van der Waals surface area contributed by atoms with E-state index in [0.29, 0.717) is 12.3 Å². The highest BCUT2D eigenvalue weighted by molar-refractivity contribution is 5.77. The van der Waals surface area contributed by atoms with Gasteiger partial charge in [0.2, 0.25) is 5.91 Å². The van der Waals surface area contributed by atoms with Crippen molar-refractivity contribution >= 4 is 17.1 Å². The fourth-order valence-electron chi connectivity index (χ4n) is 3.98. The van der Waals surface area contributed by atoms with Crippen LogP contribution in [0.1, 0.15) is 43.5 Å². The molecule has 27 heavy (non-hydrogen) atoms. The Morgan fingerprint density at radius 2 is 2.04 bits per heavy atom. The summed E-state index contributed by atoms with van der Waals surface area (Å²) in [6.07, 6.45) is 5.22. The van der Waals surface area contributed by atoms with Crippen LogP contribution in [0.25, 0.3) is 11.2 Å². The van der Waals surface area contributed by atoms with E-state index in [1.165, 1.54) is 5.56 Å². The number of likely N-dealkylation sites (tertiary alicyclic amines) is 1. The number of amides is 1.